The highest BCUT2D eigenvalue weighted by Gasteiger charge is 2.13. The molecular weight excluding hydrogens is 320 g/mol. The number of amides is 1. The van der Waals surface area contributed by atoms with Crippen molar-refractivity contribution in [2.45, 2.75) is 10.8 Å². The summed E-state index contributed by atoms with van der Waals surface area (Å²) in [6.07, 6.45) is 1.68. The van der Waals surface area contributed by atoms with E-state index in [2.05, 4.69) is 10.3 Å². The molecule has 2 N–H and O–H groups in total. The summed E-state index contributed by atoms with van der Waals surface area (Å²) >= 11 is 1.52. The monoisotopic (exact) mass is 336 g/mol. The van der Waals surface area contributed by atoms with E-state index in [1.54, 1.807) is 36.5 Å². The second-order valence-corrected chi connectivity index (χ2v) is 6.10. The zero-order chi connectivity index (χ0) is 16.8. The Morgan fingerprint density at radius 1 is 1.04 bits per heavy atom. The van der Waals surface area contributed by atoms with Gasteiger partial charge in [-0.05, 0) is 29.8 Å². The number of pyridine rings is 1. The number of nitrogens with one attached hydrogen (secondary N) is 1. The number of carbonyl (C=O) groups is 1. The molecule has 0 atom stereocenters. The minimum Gasteiger partial charge on any atom is -0.508 e. The second-order valence-electron chi connectivity index (χ2n) is 5.13. The summed E-state index contributed by atoms with van der Waals surface area (Å²) < 4.78 is 0. The average Bonchev–Trinajstić information content (AvgIpc) is 2.61. The van der Waals surface area contributed by atoms with Gasteiger partial charge in [0.1, 0.15) is 10.8 Å². The summed E-state index contributed by atoms with van der Waals surface area (Å²) in [7, 11) is 0. The smallest absolute Gasteiger partial charge is 0.258 e. The van der Waals surface area contributed by atoms with Crippen LogP contribution in [0.5, 0.6) is 5.75 Å². The molecule has 4 nitrogen and oxygen atoms in total. The van der Waals surface area contributed by atoms with Crippen LogP contribution in [0.2, 0.25) is 0 Å². The summed E-state index contributed by atoms with van der Waals surface area (Å²) in [6, 6.07) is 20.0. The van der Waals surface area contributed by atoms with E-state index in [1.165, 1.54) is 23.4 Å². The van der Waals surface area contributed by atoms with Crippen LogP contribution in [0.4, 0.5) is 5.69 Å². The lowest BCUT2D eigenvalue weighted by molar-refractivity contribution is 0.102. The van der Waals surface area contributed by atoms with E-state index in [4.69, 9.17) is 0 Å². The molecule has 3 aromatic rings. The molecule has 24 heavy (non-hydrogen) atoms. The van der Waals surface area contributed by atoms with Gasteiger partial charge >= 0.3 is 0 Å². The fraction of sp³-hybridized carbons (Fsp3) is 0.0526. The van der Waals surface area contributed by atoms with Crippen molar-refractivity contribution in [3.8, 4) is 5.75 Å². The van der Waals surface area contributed by atoms with E-state index >= 15 is 0 Å². The van der Waals surface area contributed by atoms with E-state index in [1.807, 2.05) is 30.3 Å². The molecule has 0 spiro atoms. The number of phenols is 1. The molecule has 1 amide bonds. The van der Waals surface area contributed by atoms with Crippen LogP contribution >= 0.6 is 11.8 Å². The van der Waals surface area contributed by atoms with Crippen molar-refractivity contribution in [2.75, 3.05) is 5.32 Å². The lowest BCUT2D eigenvalue weighted by Gasteiger charge is -2.09. The van der Waals surface area contributed by atoms with E-state index in [0.717, 1.165) is 5.75 Å². The number of nitrogens with zero attached hydrogens (tertiary/aromatic N) is 1. The Bertz CT molecular complexity index is 838. The van der Waals surface area contributed by atoms with Gasteiger partial charge in [-0.1, -0.05) is 36.4 Å². The lowest BCUT2D eigenvalue weighted by atomic mass is 10.2. The maximum atomic E-state index is 12.5. The van der Waals surface area contributed by atoms with Gasteiger partial charge in [0, 0.05) is 23.7 Å². The van der Waals surface area contributed by atoms with Crippen LogP contribution in [-0.2, 0) is 5.75 Å². The normalized spacial score (nSPS) is 10.3. The van der Waals surface area contributed by atoms with E-state index < -0.39 is 0 Å². The van der Waals surface area contributed by atoms with Crippen molar-refractivity contribution in [3.63, 3.8) is 0 Å². The van der Waals surface area contributed by atoms with Gasteiger partial charge in [0.25, 0.3) is 5.91 Å². The summed E-state index contributed by atoms with van der Waals surface area (Å²) in [6.45, 7) is 0. The first-order valence-corrected chi connectivity index (χ1v) is 8.43. The van der Waals surface area contributed by atoms with Gasteiger partial charge in [0.05, 0.1) is 5.56 Å². The second kappa shape index (κ2) is 7.66. The van der Waals surface area contributed by atoms with E-state index in [9.17, 15) is 9.90 Å². The van der Waals surface area contributed by atoms with Crippen molar-refractivity contribution in [1.29, 1.82) is 0 Å². The van der Waals surface area contributed by atoms with Gasteiger partial charge in [-0.15, -0.1) is 11.8 Å². The molecule has 0 aliphatic carbocycles. The fourth-order valence-corrected chi connectivity index (χ4v) is 3.13. The molecule has 0 unspecified atom stereocenters. The van der Waals surface area contributed by atoms with Crippen molar-refractivity contribution in [3.05, 3.63) is 84.1 Å². The van der Waals surface area contributed by atoms with Crippen LogP contribution in [0.3, 0.4) is 0 Å². The van der Waals surface area contributed by atoms with Crippen molar-refractivity contribution in [1.82, 2.24) is 4.98 Å². The number of aromatic nitrogens is 1. The minimum atomic E-state index is -0.246. The Morgan fingerprint density at radius 3 is 2.67 bits per heavy atom. The molecule has 0 aliphatic heterocycles. The Kier molecular flexibility index (Phi) is 5.13. The SMILES string of the molecule is O=C(Nc1cccc(O)c1)c1cccnc1SCc1ccccc1. The molecule has 1 aromatic heterocycles. The third-order valence-electron chi connectivity index (χ3n) is 3.34. The largest absolute Gasteiger partial charge is 0.508 e. The third kappa shape index (κ3) is 4.14. The highest BCUT2D eigenvalue weighted by Crippen LogP contribution is 2.25. The van der Waals surface area contributed by atoms with Gasteiger partial charge < -0.3 is 10.4 Å². The Hall–Kier alpha value is -2.79. The average molecular weight is 336 g/mol. The summed E-state index contributed by atoms with van der Waals surface area (Å²) in [4.78, 5) is 16.8. The zero-order valence-electron chi connectivity index (χ0n) is 12.8. The van der Waals surface area contributed by atoms with Crippen molar-refractivity contribution in [2.24, 2.45) is 0 Å². The van der Waals surface area contributed by atoms with Crippen molar-refractivity contribution >= 4 is 23.4 Å². The third-order valence-corrected chi connectivity index (χ3v) is 4.41. The topological polar surface area (TPSA) is 62.2 Å². The molecule has 0 radical (unpaired) electrons. The minimum absolute atomic E-state index is 0.109. The van der Waals surface area contributed by atoms with Crippen molar-refractivity contribution < 1.29 is 9.90 Å². The first-order chi connectivity index (χ1) is 11.7. The summed E-state index contributed by atoms with van der Waals surface area (Å²) in [5, 5.41) is 13.0. The number of phenolic OH excluding ortho intramolecular Hbond substituents is 1. The van der Waals surface area contributed by atoms with Crippen LogP contribution in [0.1, 0.15) is 15.9 Å². The van der Waals surface area contributed by atoms with Crippen LogP contribution in [0.15, 0.2) is 78.0 Å². The number of hydrogen-bond acceptors (Lipinski definition) is 4. The number of carbonyl (C=O) groups excluding carboxylic acids is 1. The Balaban J connectivity index is 1.74. The van der Waals surface area contributed by atoms with E-state index in [0.29, 0.717) is 16.3 Å². The van der Waals surface area contributed by atoms with Gasteiger partial charge in [-0.3, -0.25) is 4.79 Å². The van der Waals surface area contributed by atoms with Gasteiger partial charge in [-0.25, -0.2) is 4.98 Å². The molecule has 5 heteroatoms. The summed E-state index contributed by atoms with van der Waals surface area (Å²) in [5.41, 5.74) is 2.23. The first kappa shape index (κ1) is 16.1. The van der Waals surface area contributed by atoms with Gasteiger partial charge in [0.15, 0.2) is 0 Å². The van der Waals surface area contributed by atoms with Crippen LogP contribution in [0, 0.1) is 0 Å². The predicted molar refractivity (Wildman–Crippen MR) is 96.3 cm³/mol. The molecule has 0 saturated heterocycles. The van der Waals surface area contributed by atoms with Crippen LogP contribution in [0.25, 0.3) is 0 Å². The molecule has 1 heterocycles. The standard InChI is InChI=1S/C19H16N2O2S/c22-16-9-4-8-15(12-16)21-18(23)17-10-5-11-20-19(17)24-13-14-6-2-1-3-7-14/h1-12,22H,13H2,(H,21,23). The predicted octanol–water partition coefficient (Wildman–Crippen LogP) is 4.33. The molecule has 3 rings (SSSR count). The zero-order valence-corrected chi connectivity index (χ0v) is 13.7. The molecule has 0 saturated carbocycles. The molecule has 0 fully saturated rings. The Labute approximate surface area is 144 Å². The number of benzene rings is 2. The van der Waals surface area contributed by atoms with Crippen LogP contribution < -0.4 is 5.32 Å². The number of hydrogen-bond donors (Lipinski definition) is 2. The fourth-order valence-electron chi connectivity index (χ4n) is 2.19. The number of rotatable bonds is 5. The van der Waals surface area contributed by atoms with Crippen LogP contribution in [-0.4, -0.2) is 16.0 Å². The van der Waals surface area contributed by atoms with Gasteiger partial charge in [0.2, 0.25) is 0 Å². The lowest BCUT2D eigenvalue weighted by Crippen LogP contribution is -2.13. The molecule has 120 valence electrons. The maximum absolute atomic E-state index is 12.5. The van der Waals surface area contributed by atoms with E-state index in [-0.39, 0.29) is 11.7 Å². The maximum Gasteiger partial charge on any atom is 0.258 e. The molecule has 2 aromatic carbocycles. The molecule has 0 aliphatic rings. The summed E-state index contributed by atoms with van der Waals surface area (Å²) in [5.74, 6) is 0.603. The highest BCUT2D eigenvalue weighted by molar-refractivity contribution is 7.98. The Morgan fingerprint density at radius 2 is 1.88 bits per heavy atom. The first-order valence-electron chi connectivity index (χ1n) is 7.44. The van der Waals surface area contributed by atoms with Gasteiger partial charge in [-0.2, -0.15) is 0 Å². The number of thioether (sulfide) groups is 1. The molecular formula is C19H16N2O2S. The number of aromatic hydroxyl groups is 1. The highest BCUT2D eigenvalue weighted by atomic mass is 32.2. The molecule has 0 bridgehead atoms. The quantitative estimate of drug-likeness (QED) is 0.681. The number of anilines is 1.